The van der Waals surface area contributed by atoms with Crippen molar-refractivity contribution in [3.63, 3.8) is 0 Å². The van der Waals surface area contributed by atoms with E-state index in [1.165, 1.54) is 121 Å². The average Bonchev–Trinajstić information content (AvgIpc) is 0.767. The number of carbonyl (C=O) groups excluding carboxylic acids is 8. The van der Waals surface area contributed by atoms with E-state index in [9.17, 15) is 44.6 Å². The van der Waals surface area contributed by atoms with E-state index in [-0.39, 0.29) is 33.4 Å². The first kappa shape index (κ1) is 72.5. The summed E-state index contributed by atoms with van der Waals surface area (Å²) in [5, 5.41) is 7.57. The van der Waals surface area contributed by atoms with Crippen molar-refractivity contribution >= 4 is 56.1 Å². The number of carbonyl (C=O) groups is 8. The zero-order chi connectivity index (χ0) is 69.9. The highest BCUT2D eigenvalue weighted by Crippen LogP contribution is 2.43. The summed E-state index contributed by atoms with van der Waals surface area (Å²) in [6, 6.07) is 41.1. The van der Waals surface area contributed by atoms with Crippen LogP contribution in [0.25, 0.3) is 20.9 Å². The number of methoxy groups -OCH3 is 3. The second kappa shape index (κ2) is 32.9. The van der Waals surface area contributed by atoms with Crippen molar-refractivity contribution in [3.05, 3.63) is 236 Å². The smallest absolute Gasteiger partial charge is 0.366 e. The molecule has 28 heteroatoms. The Morgan fingerprint density at radius 1 is 0.474 bits per heavy atom. The van der Waals surface area contributed by atoms with E-state index in [0.29, 0.717) is 0 Å². The topological polar surface area (TPSA) is 354 Å². The molecule has 0 aromatic heterocycles. The maximum atomic E-state index is 15.4. The molecule has 2 aliphatic heterocycles. The molecule has 508 valence electrons. The van der Waals surface area contributed by atoms with Gasteiger partial charge in [-0.05, 0) is 102 Å². The van der Waals surface area contributed by atoms with Crippen LogP contribution in [0.4, 0.5) is 0 Å². The van der Waals surface area contributed by atoms with Gasteiger partial charge in [0.1, 0.15) is 36.5 Å². The van der Waals surface area contributed by atoms with Crippen LogP contribution < -0.4 is 0 Å². The molecule has 6 aromatic rings. The summed E-state index contributed by atoms with van der Waals surface area (Å²) in [5.41, 5.74) is 20.6. The SMILES string of the molecule is COC(=O)[C@@]1(OC)C[C@H](OC(=O)c2ccccc2)[C@@H](N=[N+]=[N-])[C@H]([C@H](OC(=O)c2ccccc2)[C@@H](CO[C@]2(C(=O)OC)C[C@H](OC(=O)c3ccccc3)[C@@H](N=[N+]=[N-])[C@H]([C@H](OC(=O)c3ccccc3)[C@@H](CO[Si](C)(C)C(C)(C)C)OC(=O)c3ccccc3)O2)OC(=O)c2ccccc2)O1. The summed E-state index contributed by atoms with van der Waals surface area (Å²) in [4.78, 5) is 123. The summed E-state index contributed by atoms with van der Waals surface area (Å²) in [7, 11) is 0.0202. The lowest BCUT2D eigenvalue weighted by Crippen LogP contribution is -2.67. The van der Waals surface area contributed by atoms with Gasteiger partial charge in [-0.1, -0.05) is 140 Å². The van der Waals surface area contributed by atoms with Crippen molar-refractivity contribution in [1.82, 2.24) is 0 Å². The molecule has 2 saturated heterocycles. The number of nitrogens with zero attached hydrogens (tertiary/aromatic N) is 6. The second-order valence-electron chi connectivity index (χ2n) is 23.8. The minimum atomic E-state index is -3.09. The molecule has 12 atom stereocenters. The van der Waals surface area contributed by atoms with Gasteiger partial charge in [0.2, 0.25) is 0 Å². The van der Waals surface area contributed by atoms with Crippen molar-refractivity contribution in [2.45, 2.75) is 124 Å². The number of hydrogen-bond acceptors (Lipinski definition) is 23. The van der Waals surface area contributed by atoms with Gasteiger partial charge in [0.05, 0.1) is 73.7 Å². The van der Waals surface area contributed by atoms with Gasteiger partial charge >= 0.3 is 47.8 Å². The minimum Gasteiger partial charge on any atom is -0.465 e. The number of hydrogen-bond donors (Lipinski definition) is 0. The third kappa shape index (κ3) is 17.8. The molecule has 0 N–H and O–H groups in total. The number of azide groups is 2. The van der Waals surface area contributed by atoms with E-state index in [1.807, 2.05) is 33.9 Å². The molecule has 2 aliphatic rings. The molecule has 2 fully saturated rings. The van der Waals surface area contributed by atoms with Crippen molar-refractivity contribution in [1.29, 1.82) is 0 Å². The Bertz CT molecular complexity index is 3810. The van der Waals surface area contributed by atoms with Crippen LogP contribution in [0.5, 0.6) is 0 Å². The molecule has 0 spiro atoms. The summed E-state index contributed by atoms with van der Waals surface area (Å²) < 4.78 is 81.1. The molecule has 27 nitrogen and oxygen atoms in total. The molecule has 0 bridgehead atoms. The Morgan fingerprint density at radius 2 is 0.773 bits per heavy atom. The summed E-state index contributed by atoms with van der Waals surface area (Å²) in [6.07, 6.45) is -18.1. The van der Waals surface area contributed by atoms with Gasteiger partial charge in [-0.3, -0.25) is 0 Å². The Balaban J connectivity index is 1.37. The Morgan fingerprint density at radius 3 is 1.09 bits per heavy atom. The van der Waals surface area contributed by atoms with Crippen LogP contribution in [-0.4, -0.2) is 163 Å². The van der Waals surface area contributed by atoms with E-state index in [1.54, 1.807) is 60.7 Å². The number of esters is 8. The fourth-order valence-corrected chi connectivity index (χ4v) is 11.4. The maximum absolute atomic E-state index is 15.4. The molecule has 2 heterocycles. The van der Waals surface area contributed by atoms with Crippen LogP contribution in [0.1, 0.15) is 95.8 Å². The highest BCUT2D eigenvalue weighted by molar-refractivity contribution is 6.74. The molecule has 0 saturated carbocycles. The minimum absolute atomic E-state index is 0.00310. The van der Waals surface area contributed by atoms with E-state index in [0.717, 1.165) is 21.3 Å². The standard InChI is InChI=1S/C69H72N6O21Si/c1-67(2,3)97(7,8)88-42-52(92-62(79)46-33-21-12-22-34-46)56(94-64(81)48-37-25-14-26-38-48)58-54(73-75-71)50(90-60(77)44-29-17-10-18-30-44)40-69(96-58,66(83)85-5)87-41-51(91-61(78)45-31-19-11-20-32-45)55(93-63(80)47-35-23-13-24-36-47)57-53(72-74-70)49(39-68(86-6,95-57)65(82)84-4)89-59(76)43-27-15-9-16-28-43/h9-38,49-58H,39-42H2,1-8H3/t49-,50-,51+,52+,53+,54+,55+,56+,57+,58+,68+,69+/m0/s1. The highest BCUT2D eigenvalue weighted by atomic mass is 28.4. The van der Waals surface area contributed by atoms with Gasteiger partial charge < -0.3 is 61.3 Å². The van der Waals surface area contributed by atoms with Crippen LogP contribution >= 0.6 is 0 Å². The van der Waals surface area contributed by atoms with E-state index >= 15 is 4.79 Å². The lowest BCUT2D eigenvalue weighted by molar-refractivity contribution is -0.321. The van der Waals surface area contributed by atoms with Crippen LogP contribution in [0, 0.1) is 0 Å². The first-order valence-corrected chi connectivity index (χ1v) is 33.4. The third-order valence-electron chi connectivity index (χ3n) is 16.6. The molecule has 0 aliphatic carbocycles. The predicted molar refractivity (Wildman–Crippen MR) is 344 cm³/mol. The second-order valence-corrected chi connectivity index (χ2v) is 28.6. The third-order valence-corrected chi connectivity index (χ3v) is 21.1. The van der Waals surface area contributed by atoms with E-state index in [2.05, 4.69) is 20.1 Å². The Labute approximate surface area is 558 Å². The van der Waals surface area contributed by atoms with Gasteiger partial charge in [0.25, 0.3) is 11.6 Å². The van der Waals surface area contributed by atoms with Crippen molar-refractivity contribution in [3.8, 4) is 0 Å². The molecule has 0 radical (unpaired) electrons. The van der Waals surface area contributed by atoms with Crippen molar-refractivity contribution < 1.29 is 99.6 Å². The normalized spacial score (nSPS) is 21.9. The molecular weight excluding hydrogens is 1280 g/mol. The maximum Gasteiger partial charge on any atom is 0.366 e. The fourth-order valence-electron chi connectivity index (χ4n) is 10.4. The molecule has 0 unspecified atom stereocenters. The average molecular weight is 1350 g/mol. The Hall–Kier alpha value is -10.3. The Kier molecular flexibility index (Phi) is 24.6. The summed E-state index contributed by atoms with van der Waals surface area (Å²) in [6.45, 7) is 7.79. The first-order chi connectivity index (χ1) is 46.5. The fraction of sp³-hybridized carbons (Fsp3) is 0.362. The van der Waals surface area contributed by atoms with Crippen LogP contribution in [-0.2, 0) is 70.9 Å². The molecule has 8 rings (SSSR count). The summed E-state index contributed by atoms with van der Waals surface area (Å²) in [5.74, 6) is -14.9. The number of benzene rings is 6. The molecule has 97 heavy (non-hydrogen) atoms. The van der Waals surface area contributed by atoms with Gasteiger partial charge in [0.15, 0.2) is 32.7 Å². The number of rotatable bonds is 27. The lowest BCUT2D eigenvalue weighted by atomic mass is 9.88. The molecule has 6 aromatic carbocycles. The predicted octanol–water partition coefficient (Wildman–Crippen LogP) is 10.7. The zero-order valence-corrected chi connectivity index (χ0v) is 55.2. The largest absolute Gasteiger partial charge is 0.465 e. The van der Waals surface area contributed by atoms with E-state index < -0.39 is 160 Å². The highest BCUT2D eigenvalue weighted by Gasteiger charge is 2.62. The van der Waals surface area contributed by atoms with Crippen LogP contribution in [0.3, 0.4) is 0 Å². The number of ether oxygens (including phenoxy) is 12. The molecular formula is C69H72N6O21Si. The van der Waals surface area contributed by atoms with Crippen LogP contribution in [0.15, 0.2) is 192 Å². The molecule has 0 amide bonds. The van der Waals surface area contributed by atoms with Gasteiger partial charge in [-0.15, -0.1) is 0 Å². The lowest BCUT2D eigenvalue weighted by Gasteiger charge is -2.48. The monoisotopic (exact) mass is 1350 g/mol. The van der Waals surface area contributed by atoms with E-state index in [4.69, 9.17) is 61.3 Å². The van der Waals surface area contributed by atoms with Gasteiger partial charge in [-0.25, -0.2) is 38.4 Å². The van der Waals surface area contributed by atoms with Crippen molar-refractivity contribution in [2.75, 3.05) is 34.5 Å². The quantitative estimate of drug-likeness (QED) is 0.0115. The van der Waals surface area contributed by atoms with Crippen LogP contribution in [0.2, 0.25) is 18.1 Å². The van der Waals surface area contributed by atoms with Crippen molar-refractivity contribution in [2.24, 2.45) is 10.2 Å². The first-order valence-electron chi connectivity index (χ1n) is 30.5. The zero-order valence-electron chi connectivity index (χ0n) is 54.2. The summed E-state index contributed by atoms with van der Waals surface area (Å²) >= 11 is 0. The van der Waals surface area contributed by atoms with Gasteiger partial charge in [0, 0.05) is 16.9 Å². The van der Waals surface area contributed by atoms with Gasteiger partial charge in [-0.2, -0.15) is 0 Å².